The van der Waals surface area contributed by atoms with Gasteiger partial charge in [-0.2, -0.15) is 0 Å². The summed E-state index contributed by atoms with van der Waals surface area (Å²) in [4.78, 5) is 12.5. The molecule has 0 aliphatic heterocycles. The fourth-order valence-corrected chi connectivity index (χ4v) is 2.96. The van der Waals surface area contributed by atoms with Crippen molar-refractivity contribution < 1.29 is 9.53 Å². The number of rotatable bonds is 6. The molecule has 0 bridgehead atoms. The van der Waals surface area contributed by atoms with Crippen LogP contribution < -0.4 is 15.4 Å². The predicted molar refractivity (Wildman–Crippen MR) is 122 cm³/mol. The zero-order chi connectivity index (χ0) is 20.6. The summed E-state index contributed by atoms with van der Waals surface area (Å²) in [6.45, 7) is 4.10. The van der Waals surface area contributed by atoms with Crippen LogP contribution in [0.25, 0.3) is 11.1 Å². The molecule has 3 aromatic rings. The van der Waals surface area contributed by atoms with Gasteiger partial charge >= 0.3 is 0 Å². The lowest BCUT2D eigenvalue weighted by Crippen LogP contribution is -2.34. The summed E-state index contributed by atoms with van der Waals surface area (Å²) in [7, 11) is 0. The van der Waals surface area contributed by atoms with Crippen molar-refractivity contribution in [3.8, 4) is 16.9 Å². The highest BCUT2D eigenvalue weighted by Crippen LogP contribution is 2.20. The number of carbonyl (C=O) groups excluding carboxylic acids is 1. The van der Waals surface area contributed by atoms with Gasteiger partial charge in [-0.05, 0) is 61.0 Å². The first kappa shape index (κ1) is 20.6. The monoisotopic (exact) mass is 404 g/mol. The molecule has 0 aliphatic rings. The summed E-state index contributed by atoms with van der Waals surface area (Å²) in [5.74, 6) is 0.504. The van der Waals surface area contributed by atoms with Gasteiger partial charge in [0.25, 0.3) is 5.91 Å². The van der Waals surface area contributed by atoms with Crippen LogP contribution in [0.2, 0.25) is 0 Å². The number of anilines is 1. The van der Waals surface area contributed by atoms with Gasteiger partial charge in [0.1, 0.15) is 5.75 Å². The van der Waals surface area contributed by atoms with E-state index in [4.69, 9.17) is 17.0 Å². The molecular weight excluding hydrogens is 380 g/mol. The molecule has 3 rings (SSSR count). The Labute approximate surface area is 176 Å². The van der Waals surface area contributed by atoms with Gasteiger partial charge in [0.15, 0.2) is 5.11 Å². The minimum atomic E-state index is -0.255. The standard InChI is InChI=1S/C24H24N2O2S/c1-3-17(2)28-22-11-7-10-21(16-22)25-24(29)26-23(27)20-14-12-19(13-15-20)18-8-5-4-6-9-18/h4-17H,3H2,1-2H3,(H2,25,26,27,29). The van der Waals surface area contributed by atoms with E-state index in [1.54, 1.807) is 12.1 Å². The van der Waals surface area contributed by atoms with Crippen molar-refractivity contribution in [1.29, 1.82) is 0 Å². The van der Waals surface area contributed by atoms with E-state index in [2.05, 4.69) is 17.6 Å². The first-order chi connectivity index (χ1) is 14.0. The molecule has 1 unspecified atom stereocenters. The van der Waals surface area contributed by atoms with Gasteiger partial charge in [0, 0.05) is 17.3 Å². The van der Waals surface area contributed by atoms with Crippen LogP contribution in [0, 0.1) is 0 Å². The summed E-state index contributed by atoms with van der Waals surface area (Å²) in [5, 5.41) is 5.99. The van der Waals surface area contributed by atoms with Crippen molar-refractivity contribution in [2.45, 2.75) is 26.4 Å². The minimum Gasteiger partial charge on any atom is -0.491 e. The average molecular weight is 405 g/mol. The Morgan fingerprint density at radius 1 is 0.966 bits per heavy atom. The Kier molecular flexibility index (Phi) is 6.98. The van der Waals surface area contributed by atoms with E-state index in [1.807, 2.05) is 73.7 Å². The molecule has 0 aromatic heterocycles. The van der Waals surface area contributed by atoms with Gasteiger partial charge in [-0.1, -0.05) is 55.5 Å². The third kappa shape index (κ3) is 5.90. The van der Waals surface area contributed by atoms with Gasteiger partial charge in [-0.25, -0.2) is 0 Å². The lowest BCUT2D eigenvalue weighted by molar-refractivity contribution is 0.0978. The number of hydrogen-bond donors (Lipinski definition) is 2. The molecule has 148 valence electrons. The molecule has 3 aromatic carbocycles. The number of carbonyl (C=O) groups is 1. The molecule has 0 radical (unpaired) electrons. The average Bonchev–Trinajstić information content (AvgIpc) is 2.74. The lowest BCUT2D eigenvalue weighted by Gasteiger charge is -2.14. The molecule has 0 fully saturated rings. The van der Waals surface area contributed by atoms with E-state index in [0.29, 0.717) is 5.56 Å². The van der Waals surface area contributed by atoms with Crippen molar-refractivity contribution in [3.05, 3.63) is 84.4 Å². The van der Waals surface area contributed by atoms with Gasteiger partial charge < -0.3 is 10.1 Å². The first-order valence-corrected chi connectivity index (χ1v) is 10.0. The molecule has 5 heteroatoms. The molecule has 0 saturated heterocycles. The maximum atomic E-state index is 12.5. The number of ether oxygens (including phenoxy) is 1. The Morgan fingerprint density at radius 2 is 1.66 bits per heavy atom. The zero-order valence-corrected chi connectivity index (χ0v) is 17.3. The normalized spacial score (nSPS) is 11.4. The third-order valence-corrected chi connectivity index (χ3v) is 4.69. The maximum absolute atomic E-state index is 12.5. The van der Waals surface area contributed by atoms with E-state index in [9.17, 15) is 4.79 Å². The molecule has 0 saturated carbocycles. The van der Waals surface area contributed by atoms with Gasteiger partial charge in [0.05, 0.1) is 6.10 Å². The quantitative estimate of drug-likeness (QED) is 0.521. The van der Waals surface area contributed by atoms with Crippen LogP contribution in [0.1, 0.15) is 30.6 Å². The van der Waals surface area contributed by atoms with Crippen molar-refractivity contribution >= 4 is 28.9 Å². The molecular formula is C24H24N2O2S. The van der Waals surface area contributed by atoms with Gasteiger partial charge in [-0.15, -0.1) is 0 Å². The van der Waals surface area contributed by atoms with Crippen LogP contribution in [-0.4, -0.2) is 17.1 Å². The van der Waals surface area contributed by atoms with Gasteiger partial charge in [0.2, 0.25) is 0 Å². The second-order valence-corrected chi connectivity index (χ2v) is 7.12. The molecule has 4 nitrogen and oxygen atoms in total. The summed E-state index contributed by atoms with van der Waals surface area (Å²) < 4.78 is 5.81. The molecule has 1 amide bonds. The third-order valence-electron chi connectivity index (χ3n) is 4.49. The van der Waals surface area contributed by atoms with E-state index >= 15 is 0 Å². The Bertz CT molecular complexity index is 972. The Balaban J connectivity index is 1.59. The number of benzene rings is 3. The number of hydrogen-bond acceptors (Lipinski definition) is 3. The van der Waals surface area contributed by atoms with Crippen LogP contribution >= 0.6 is 12.2 Å². The zero-order valence-electron chi connectivity index (χ0n) is 16.5. The largest absolute Gasteiger partial charge is 0.491 e. The van der Waals surface area contributed by atoms with E-state index in [-0.39, 0.29) is 17.1 Å². The van der Waals surface area contributed by atoms with E-state index in [1.165, 1.54) is 0 Å². The maximum Gasteiger partial charge on any atom is 0.257 e. The first-order valence-electron chi connectivity index (χ1n) is 9.59. The van der Waals surface area contributed by atoms with E-state index < -0.39 is 0 Å². The number of nitrogens with one attached hydrogen (secondary N) is 2. The number of thiocarbonyl (C=S) groups is 1. The highest BCUT2D eigenvalue weighted by molar-refractivity contribution is 7.80. The summed E-state index contributed by atoms with van der Waals surface area (Å²) in [5.41, 5.74) is 3.47. The highest BCUT2D eigenvalue weighted by atomic mass is 32.1. The van der Waals surface area contributed by atoms with Crippen molar-refractivity contribution in [2.75, 3.05) is 5.32 Å². The smallest absolute Gasteiger partial charge is 0.257 e. The Morgan fingerprint density at radius 3 is 2.34 bits per heavy atom. The topological polar surface area (TPSA) is 50.4 Å². The highest BCUT2D eigenvalue weighted by Gasteiger charge is 2.09. The fraction of sp³-hybridized carbons (Fsp3) is 0.167. The fourth-order valence-electron chi connectivity index (χ4n) is 2.75. The van der Waals surface area contributed by atoms with Crippen molar-refractivity contribution in [2.24, 2.45) is 0 Å². The van der Waals surface area contributed by atoms with Crippen LogP contribution in [0.3, 0.4) is 0 Å². The van der Waals surface area contributed by atoms with Crippen molar-refractivity contribution in [1.82, 2.24) is 5.32 Å². The van der Waals surface area contributed by atoms with Crippen LogP contribution in [0.5, 0.6) is 5.75 Å². The molecule has 0 aliphatic carbocycles. The summed E-state index contributed by atoms with van der Waals surface area (Å²) in [6.07, 6.45) is 1.06. The molecule has 0 spiro atoms. The SMILES string of the molecule is CCC(C)Oc1cccc(NC(=S)NC(=O)c2ccc(-c3ccccc3)cc2)c1. The Hall–Kier alpha value is -3.18. The van der Waals surface area contributed by atoms with Crippen LogP contribution in [0.4, 0.5) is 5.69 Å². The summed E-state index contributed by atoms with van der Waals surface area (Å²) >= 11 is 5.28. The van der Waals surface area contributed by atoms with Gasteiger partial charge in [-0.3, -0.25) is 10.1 Å². The predicted octanol–water partition coefficient (Wildman–Crippen LogP) is 5.66. The van der Waals surface area contributed by atoms with Crippen LogP contribution in [0.15, 0.2) is 78.9 Å². The molecule has 1 atom stereocenters. The van der Waals surface area contributed by atoms with Crippen LogP contribution in [-0.2, 0) is 0 Å². The van der Waals surface area contributed by atoms with Crippen molar-refractivity contribution in [3.63, 3.8) is 0 Å². The van der Waals surface area contributed by atoms with E-state index in [0.717, 1.165) is 29.0 Å². The second kappa shape index (κ2) is 9.85. The summed E-state index contributed by atoms with van der Waals surface area (Å²) in [6, 6.07) is 25.0. The lowest BCUT2D eigenvalue weighted by atomic mass is 10.0. The molecule has 29 heavy (non-hydrogen) atoms. The minimum absolute atomic E-state index is 0.135. The molecule has 0 heterocycles. The second-order valence-electron chi connectivity index (χ2n) is 6.72. The molecule has 2 N–H and O–H groups in total. The number of amides is 1.